The van der Waals surface area contributed by atoms with Crippen LogP contribution in [0.2, 0.25) is 0 Å². The standard InChI is InChI=1S/C20H24N4O.C2H6/c1-3-5-17-10-15(2)12-22-9-8-20(21,19-13-23-14-24-19)16-6-4-7-18(11-16)25-17;1-2/h3-7,10-11,13-14,22H,1,8-9,12,21H2,2H3,(H,23,24);1-2H3/b15-10+,17-5+;. The lowest BCUT2D eigenvalue weighted by atomic mass is 9.84. The highest BCUT2D eigenvalue weighted by Gasteiger charge is 2.31. The van der Waals surface area contributed by atoms with Gasteiger partial charge in [-0.3, -0.25) is 0 Å². The number of benzene rings is 1. The fourth-order valence-corrected chi connectivity index (χ4v) is 3.00. The molecule has 1 aliphatic heterocycles. The first-order valence-corrected chi connectivity index (χ1v) is 9.38. The van der Waals surface area contributed by atoms with Crippen molar-refractivity contribution in [3.05, 3.63) is 84.2 Å². The van der Waals surface area contributed by atoms with Crippen LogP contribution in [0.1, 0.15) is 38.4 Å². The molecule has 0 amide bonds. The van der Waals surface area contributed by atoms with Crippen LogP contribution in [0, 0.1) is 0 Å². The number of hydrogen-bond donors (Lipinski definition) is 3. The number of H-pyrrole nitrogens is 1. The maximum absolute atomic E-state index is 6.82. The largest absolute Gasteiger partial charge is 0.457 e. The summed E-state index contributed by atoms with van der Waals surface area (Å²) in [6.07, 6.45) is 9.78. The third-order valence-electron chi connectivity index (χ3n) is 4.33. The van der Waals surface area contributed by atoms with Gasteiger partial charge in [0.15, 0.2) is 0 Å². The molecule has 2 aromatic rings. The number of aromatic amines is 1. The van der Waals surface area contributed by atoms with Crippen LogP contribution in [0.25, 0.3) is 0 Å². The monoisotopic (exact) mass is 366 g/mol. The van der Waals surface area contributed by atoms with E-state index in [0.29, 0.717) is 0 Å². The van der Waals surface area contributed by atoms with E-state index in [1.54, 1.807) is 18.6 Å². The number of imidazole rings is 1. The first-order valence-electron chi connectivity index (χ1n) is 9.38. The minimum absolute atomic E-state index is 0.665. The molecule has 5 heteroatoms. The topological polar surface area (TPSA) is 76.0 Å². The molecular weight excluding hydrogens is 336 g/mol. The van der Waals surface area contributed by atoms with Gasteiger partial charge in [0.2, 0.25) is 0 Å². The number of rotatable bonds is 2. The number of aromatic nitrogens is 2. The van der Waals surface area contributed by atoms with Crippen molar-refractivity contribution >= 4 is 0 Å². The Bertz CT molecular complexity index is 792. The summed E-state index contributed by atoms with van der Waals surface area (Å²) in [5.41, 5.74) is 9.20. The van der Waals surface area contributed by atoms with E-state index in [-0.39, 0.29) is 0 Å². The van der Waals surface area contributed by atoms with Gasteiger partial charge in [-0.15, -0.1) is 0 Å². The van der Waals surface area contributed by atoms with Crippen molar-refractivity contribution in [2.75, 3.05) is 13.1 Å². The Balaban J connectivity index is 0.00000126. The molecule has 1 unspecified atom stereocenters. The first kappa shape index (κ1) is 20.7. The second kappa shape index (κ2) is 9.90. The lowest BCUT2D eigenvalue weighted by Gasteiger charge is -2.30. The smallest absolute Gasteiger partial charge is 0.127 e. The van der Waals surface area contributed by atoms with E-state index in [9.17, 15) is 0 Å². The highest BCUT2D eigenvalue weighted by atomic mass is 16.5. The fourth-order valence-electron chi connectivity index (χ4n) is 3.00. The van der Waals surface area contributed by atoms with Crippen LogP contribution in [0.4, 0.5) is 0 Å². The lowest BCUT2D eigenvalue weighted by molar-refractivity contribution is 0.430. The summed E-state index contributed by atoms with van der Waals surface area (Å²) in [4.78, 5) is 7.31. The normalized spacial score (nSPS) is 23.6. The van der Waals surface area contributed by atoms with Gasteiger partial charge >= 0.3 is 0 Å². The number of nitrogens with two attached hydrogens (primary N) is 1. The molecule has 0 spiro atoms. The van der Waals surface area contributed by atoms with Gasteiger partial charge in [-0.05, 0) is 49.7 Å². The molecule has 1 aromatic carbocycles. The zero-order valence-electron chi connectivity index (χ0n) is 16.5. The van der Waals surface area contributed by atoms with Gasteiger partial charge in [0, 0.05) is 6.54 Å². The van der Waals surface area contributed by atoms with Crippen LogP contribution >= 0.6 is 0 Å². The summed E-state index contributed by atoms with van der Waals surface area (Å²) in [6.45, 7) is 11.4. The molecule has 2 heterocycles. The van der Waals surface area contributed by atoms with Crippen LogP contribution in [0.15, 0.2) is 72.9 Å². The summed E-state index contributed by atoms with van der Waals surface area (Å²) in [6, 6.07) is 7.91. The minimum atomic E-state index is -0.665. The number of nitrogens with zero attached hydrogens (tertiary/aromatic N) is 1. The summed E-state index contributed by atoms with van der Waals surface area (Å²) in [5.74, 6) is 1.49. The van der Waals surface area contributed by atoms with Gasteiger partial charge < -0.3 is 20.8 Å². The Hall–Kier alpha value is -2.63. The minimum Gasteiger partial charge on any atom is -0.457 e. The molecule has 1 aromatic heterocycles. The van der Waals surface area contributed by atoms with Crippen LogP contribution in [-0.2, 0) is 5.54 Å². The average molecular weight is 367 g/mol. The molecule has 0 saturated carbocycles. The lowest BCUT2D eigenvalue weighted by Crippen LogP contribution is -2.41. The van der Waals surface area contributed by atoms with Crippen molar-refractivity contribution in [2.45, 2.75) is 32.7 Å². The Morgan fingerprint density at radius 1 is 1.33 bits per heavy atom. The molecule has 4 N–H and O–H groups in total. The van der Waals surface area contributed by atoms with Crippen molar-refractivity contribution in [3.63, 3.8) is 0 Å². The molecule has 27 heavy (non-hydrogen) atoms. The zero-order valence-corrected chi connectivity index (χ0v) is 16.5. The quantitative estimate of drug-likeness (QED) is 0.750. The summed E-state index contributed by atoms with van der Waals surface area (Å²) >= 11 is 0. The molecule has 0 aliphatic carbocycles. The fraction of sp³-hybridized carbons (Fsp3) is 0.318. The molecular formula is C22H30N4O. The number of hydrogen-bond acceptors (Lipinski definition) is 4. The third-order valence-corrected chi connectivity index (χ3v) is 4.33. The predicted molar refractivity (Wildman–Crippen MR) is 111 cm³/mol. The van der Waals surface area contributed by atoms with E-state index in [0.717, 1.165) is 42.3 Å². The number of ether oxygens (including phenoxy) is 1. The molecule has 5 nitrogen and oxygen atoms in total. The maximum atomic E-state index is 6.82. The van der Waals surface area contributed by atoms with E-state index in [4.69, 9.17) is 10.5 Å². The Kier molecular flexibility index (Phi) is 7.58. The zero-order chi connectivity index (χ0) is 19.7. The van der Waals surface area contributed by atoms with Crippen molar-refractivity contribution < 1.29 is 4.74 Å². The van der Waals surface area contributed by atoms with E-state index in [1.165, 1.54) is 5.57 Å². The molecule has 0 saturated heterocycles. The Morgan fingerprint density at radius 3 is 2.85 bits per heavy atom. The summed E-state index contributed by atoms with van der Waals surface area (Å²) in [5, 5.41) is 3.45. The van der Waals surface area contributed by atoms with Crippen LogP contribution in [0.5, 0.6) is 5.75 Å². The van der Waals surface area contributed by atoms with Gasteiger partial charge in [0.05, 0.1) is 23.8 Å². The van der Waals surface area contributed by atoms with E-state index < -0.39 is 5.54 Å². The second-order valence-corrected chi connectivity index (χ2v) is 6.29. The highest BCUT2D eigenvalue weighted by molar-refractivity contribution is 5.40. The molecule has 1 atom stereocenters. The third kappa shape index (κ3) is 5.18. The van der Waals surface area contributed by atoms with Gasteiger partial charge in [-0.1, -0.05) is 44.2 Å². The predicted octanol–water partition coefficient (Wildman–Crippen LogP) is 4.03. The van der Waals surface area contributed by atoms with Crippen molar-refractivity contribution in [2.24, 2.45) is 5.73 Å². The number of nitrogens with one attached hydrogen (secondary N) is 2. The SMILES string of the molecule is C=C/C=C1\C=C(/C)CNCCC(N)(c2cnc[nH]2)c2cccc(c2)O1.CC. The first-order chi connectivity index (χ1) is 13.1. The van der Waals surface area contributed by atoms with Gasteiger partial charge in [0.25, 0.3) is 0 Å². The second-order valence-electron chi connectivity index (χ2n) is 6.29. The van der Waals surface area contributed by atoms with E-state index in [1.807, 2.05) is 50.3 Å². The van der Waals surface area contributed by atoms with E-state index in [2.05, 4.69) is 28.8 Å². The highest BCUT2D eigenvalue weighted by Crippen LogP contribution is 2.31. The summed E-state index contributed by atoms with van der Waals surface area (Å²) in [7, 11) is 0. The van der Waals surface area contributed by atoms with Gasteiger partial charge in [-0.2, -0.15) is 0 Å². The number of fused-ring (bicyclic) bond motifs is 2. The molecule has 0 radical (unpaired) electrons. The van der Waals surface area contributed by atoms with Gasteiger partial charge in [0.1, 0.15) is 11.5 Å². The van der Waals surface area contributed by atoms with Crippen molar-refractivity contribution in [1.82, 2.24) is 15.3 Å². The van der Waals surface area contributed by atoms with Gasteiger partial charge in [-0.25, -0.2) is 4.98 Å². The molecule has 0 fully saturated rings. The maximum Gasteiger partial charge on any atom is 0.127 e. The van der Waals surface area contributed by atoms with E-state index >= 15 is 0 Å². The Labute approximate surface area is 162 Å². The average Bonchev–Trinajstić information content (AvgIpc) is 3.22. The molecule has 144 valence electrons. The van der Waals surface area contributed by atoms with Crippen LogP contribution in [0.3, 0.4) is 0 Å². The molecule has 3 rings (SSSR count). The number of allylic oxidation sites excluding steroid dienone is 3. The van der Waals surface area contributed by atoms with Crippen molar-refractivity contribution in [3.8, 4) is 5.75 Å². The summed E-state index contributed by atoms with van der Waals surface area (Å²) < 4.78 is 6.05. The molecule has 2 bridgehead atoms. The van der Waals surface area contributed by atoms with Crippen molar-refractivity contribution in [1.29, 1.82) is 0 Å². The Morgan fingerprint density at radius 2 is 2.15 bits per heavy atom. The molecule has 1 aliphatic rings. The van der Waals surface area contributed by atoms with Crippen LogP contribution < -0.4 is 15.8 Å². The van der Waals surface area contributed by atoms with Crippen LogP contribution in [-0.4, -0.2) is 23.1 Å².